The van der Waals surface area contributed by atoms with Gasteiger partial charge in [-0.15, -0.1) is 0 Å². The molecule has 0 saturated heterocycles. The quantitative estimate of drug-likeness (QED) is 0.215. The van der Waals surface area contributed by atoms with E-state index >= 15 is 0 Å². The van der Waals surface area contributed by atoms with Crippen LogP contribution >= 0.6 is 23.2 Å². The fraction of sp³-hybridized carbons (Fsp3) is 0.241. The second kappa shape index (κ2) is 11.2. The van der Waals surface area contributed by atoms with Gasteiger partial charge in [0.1, 0.15) is 5.69 Å². The van der Waals surface area contributed by atoms with Gasteiger partial charge in [-0.2, -0.15) is 0 Å². The molecule has 4 rings (SSSR count). The van der Waals surface area contributed by atoms with Gasteiger partial charge in [0.05, 0.1) is 17.7 Å². The highest BCUT2D eigenvalue weighted by molar-refractivity contribution is 6.40. The molecule has 0 aliphatic rings. The number of carbonyl (C=O) groups excluding carboxylic acids is 3. The van der Waals surface area contributed by atoms with Crippen molar-refractivity contribution in [1.29, 1.82) is 0 Å². The molecule has 0 radical (unpaired) electrons. The lowest BCUT2D eigenvalue weighted by atomic mass is 9.88. The molecule has 0 unspecified atom stereocenters. The number of anilines is 1. The summed E-state index contributed by atoms with van der Waals surface area (Å²) in [6.45, 7) is 4.81. The Kier molecular flexibility index (Phi) is 8.11. The van der Waals surface area contributed by atoms with Crippen LogP contribution in [0.4, 0.5) is 5.69 Å². The Morgan fingerprint density at radius 2 is 1.69 bits per heavy atom. The maximum absolute atomic E-state index is 13.4. The first-order valence-corrected chi connectivity index (χ1v) is 12.9. The Balaban J connectivity index is 1.99. The Morgan fingerprint density at radius 1 is 1.03 bits per heavy atom. The average molecular weight is 568 g/mol. The highest BCUT2D eigenvalue weighted by Crippen LogP contribution is 2.41. The second-order valence-corrected chi connectivity index (χ2v) is 10.9. The summed E-state index contributed by atoms with van der Waals surface area (Å²) in [4.78, 5) is 44.8. The lowest BCUT2D eigenvalue weighted by Gasteiger charge is -2.17. The van der Waals surface area contributed by atoms with E-state index in [-0.39, 0.29) is 36.1 Å². The number of nitrogens with one attached hydrogen (secondary N) is 1. The number of aliphatic hydroxyl groups is 1. The molecule has 0 aliphatic carbocycles. The van der Waals surface area contributed by atoms with Crippen molar-refractivity contribution in [1.82, 2.24) is 9.88 Å². The standard InChI is InChI=1S/C29H27Cl2N3O5/c1-29(2,3)25(36)24-23(32-26(37)28(38)34(4)13-14-35)20-15-19(16-9-11-17(30)12-10-16)22(33-27(20)39-24)18-7-5-6-8-21(18)31/h5-12,15,35H,13-14H2,1-4H3,(H,32,37). The molecule has 0 atom stereocenters. The third-order valence-corrected chi connectivity index (χ3v) is 6.65. The largest absolute Gasteiger partial charge is 0.432 e. The number of rotatable bonds is 6. The number of aromatic nitrogens is 1. The van der Waals surface area contributed by atoms with E-state index in [4.69, 9.17) is 37.7 Å². The van der Waals surface area contributed by atoms with Gasteiger partial charge in [-0.3, -0.25) is 14.4 Å². The normalized spacial score (nSPS) is 11.5. The minimum Gasteiger partial charge on any atom is -0.432 e. The van der Waals surface area contributed by atoms with Gasteiger partial charge in [-0.05, 0) is 29.8 Å². The van der Waals surface area contributed by atoms with Crippen molar-refractivity contribution in [2.24, 2.45) is 5.41 Å². The molecular weight excluding hydrogens is 541 g/mol. The number of ketones is 1. The number of hydrogen-bond donors (Lipinski definition) is 2. The van der Waals surface area contributed by atoms with Crippen LogP contribution in [0.15, 0.2) is 59.0 Å². The molecule has 0 spiro atoms. The van der Waals surface area contributed by atoms with E-state index in [9.17, 15) is 14.4 Å². The number of furan rings is 1. The van der Waals surface area contributed by atoms with Crippen LogP contribution in [0.5, 0.6) is 0 Å². The molecule has 39 heavy (non-hydrogen) atoms. The number of nitrogens with zero attached hydrogens (tertiary/aromatic N) is 2. The molecule has 2 aromatic carbocycles. The van der Waals surface area contributed by atoms with Gasteiger partial charge in [0.2, 0.25) is 11.5 Å². The molecule has 4 aromatic rings. The zero-order chi connectivity index (χ0) is 28.5. The molecule has 2 amide bonds. The number of fused-ring (bicyclic) bond motifs is 1. The van der Waals surface area contributed by atoms with Crippen LogP contribution in [-0.2, 0) is 9.59 Å². The summed E-state index contributed by atoms with van der Waals surface area (Å²) in [7, 11) is 1.39. The molecule has 0 aliphatic heterocycles. The Hall–Kier alpha value is -3.72. The molecule has 10 heteroatoms. The van der Waals surface area contributed by atoms with E-state index in [2.05, 4.69) is 5.32 Å². The zero-order valence-corrected chi connectivity index (χ0v) is 23.4. The summed E-state index contributed by atoms with van der Waals surface area (Å²) in [5, 5.41) is 13.1. The number of benzene rings is 2. The van der Waals surface area contributed by atoms with Crippen molar-refractivity contribution in [2.45, 2.75) is 20.8 Å². The monoisotopic (exact) mass is 567 g/mol. The number of pyridine rings is 1. The van der Waals surface area contributed by atoms with Gasteiger partial charge in [-0.25, -0.2) is 4.98 Å². The first-order chi connectivity index (χ1) is 18.4. The van der Waals surface area contributed by atoms with Gasteiger partial charge >= 0.3 is 11.8 Å². The van der Waals surface area contributed by atoms with Crippen molar-refractivity contribution >= 4 is 57.6 Å². The summed E-state index contributed by atoms with van der Waals surface area (Å²) < 4.78 is 5.98. The predicted octanol–water partition coefficient (Wildman–Crippen LogP) is 6.09. The number of likely N-dealkylation sites (N-methyl/N-ethyl adjacent to an activating group) is 1. The minimum atomic E-state index is -0.986. The van der Waals surface area contributed by atoms with E-state index in [1.54, 1.807) is 51.1 Å². The predicted molar refractivity (Wildman–Crippen MR) is 152 cm³/mol. The van der Waals surface area contributed by atoms with Crippen LogP contribution in [0.1, 0.15) is 31.3 Å². The van der Waals surface area contributed by atoms with Gasteiger partial charge in [0.25, 0.3) is 0 Å². The van der Waals surface area contributed by atoms with Gasteiger partial charge in [-0.1, -0.05) is 74.3 Å². The molecular formula is C29H27Cl2N3O5. The average Bonchev–Trinajstić information content (AvgIpc) is 3.24. The van der Waals surface area contributed by atoms with Crippen molar-refractivity contribution in [3.05, 3.63) is 70.4 Å². The first kappa shape index (κ1) is 28.3. The molecule has 0 fully saturated rings. The smallest absolute Gasteiger partial charge is 0.314 e. The third kappa shape index (κ3) is 5.83. The Morgan fingerprint density at radius 3 is 2.31 bits per heavy atom. The molecule has 2 N–H and O–H groups in total. The highest BCUT2D eigenvalue weighted by Gasteiger charge is 2.33. The summed E-state index contributed by atoms with van der Waals surface area (Å²) in [6.07, 6.45) is 0. The minimum absolute atomic E-state index is 0.0321. The molecule has 202 valence electrons. The summed E-state index contributed by atoms with van der Waals surface area (Å²) in [6, 6.07) is 16.0. The topological polar surface area (TPSA) is 113 Å². The van der Waals surface area contributed by atoms with Crippen molar-refractivity contribution < 1.29 is 23.9 Å². The number of carbonyl (C=O) groups is 3. The molecule has 0 saturated carbocycles. The van der Waals surface area contributed by atoms with Crippen LogP contribution in [0.3, 0.4) is 0 Å². The first-order valence-electron chi connectivity index (χ1n) is 12.1. The van der Waals surface area contributed by atoms with E-state index in [1.165, 1.54) is 7.05 Å². The van der Waals surface area contributed by atoms with E-state index in [0.717, 1.165) is 10.5 Å². The third-order valence-electron chi connectivity index (χ3n) is 6.07. The summed E-state index contributed by atoms with van der Waals surface area (Å²) in [5.41, 5.74) is 1.78. The maximum Gasteiger partial charge on any atom is 0.314 e. The van der Waals surface area contributed by atoms with E-state index in [0.29, 0.717) is 32.3 Å². The van der Waals surface area contributed by atoms with Crippen molar-refractivity contribution in [3.63, 3.8) is 0 Å². The van der Waals surface area contributed by atoms with Crippen molar-refractivity contribution in [2.75, 3.05) is 25.5 Å². The number of hydrogen-bond acceptors (Lipinski definition) is 6. The number of aliphatic hydroxyl groups excluding tert-OH is 1. The van der Waals surface area contributed by atoms with Crippen LogP contribution in [0.2, 0.25) is 10.0 Å². The molecule has 0 bridgehead atoms. The number of halogens is 2. The van der Waals surface area contributed by atoms with Gasteiger partial charge in [0, 0.05) is 40.2 Å². The highest BCUT2D eigenvalue weighted by atomic mass is 35.5. The van der Waals surface area contributed by atoms with Gasteiger partial charge in [0.15, 0.2) is 5.76 Å². The Labute approximate surface area is 235 Å². The summed E-state index contributed by atoms with van der Waals surface area (Å²) >= 11 is 12.7. The Bertz CT molecular complexity index is 1570. The van der Waals surface area contributed by atoms with E-state index < -0.39 is 17.2 Å². The van der Waals surface area contributed by atoms with Gasteiger partial charge < -0.3 is 19.7 Å². The van der Waals surface area contributed by atoms with Crippen molar-refractivity contribution in [3.8, 4) is 22.4 Å². The zero-order valence-electron chi connectivity index (χ0n) is 21.8. The molecule has 2 heterocycles. The van der Waals surface area contributed by atoms with Crippen LogP contribution in [-0.4, -0.2) is 52.8 Å². The number of amides is 2. The lowest BCUT2D eigenvalue weighted by Crippen LogP contribution is -2.38. The van der Waals surface area contributed by atoms with E-state index in [1.807, 2.05) is 24.3 Å². The van der Waals surface area contributed by atoms with Crippen LogP contribution in [0, 0.1) is 5.41 Å². The fourth-order valence-electron chi connectivity index (χ4n) is 3.95. The molecule has 8 nitrogen and oxygen atoms in total. The molecule has 2 aromatic heterocycles. The second-order valence-electron chi connectivity index (χ2n) is 10.0. The van der Waals surface area contributed by atoms with Crippen LogP contribution in [0.25, 0.3) is 33.5 Å². The SMILES string of the molecule is CN(CCO)C(=O)C(=O)Nc1c(C(=O)C(C)(C)C)oc2nc(-c3ccccc3Cl)c(-c3ccc(Cl)cc3)cc12. The van der Waals surface area contributed by atoms with Crippen LogP contribution < -0.4 is 5.32 Å². The fourth-order valence-corrected chi connectivity index (χ4v) is 4.30. The summed E-state index contributed by atoms with van der Waals surface area (Å²) in [5.74, 6) is -2.39. The lowest BCUT2D eigenvalue weighted by molar-refractivity contribution is -0.142. The number of Topliss-reactive ketones (excluding diaryl/α,β-unsaturated/α-hetero) is 1. The maximum atomic E-state index is 13.4.